The van der Waals surface area contributed by atoms with Gasteiger partial charge in [0.1, 0.15) is 17.4 Å². The molecule has 1 amide bonds. The molecule has 0 radical (unpaired) electrons. The Labute approximate surface area is 162 Å². The minimum absolute atomic E-state index is 0.0322. The van der Waals surface area contributed by atoms with Crippen LogP contribution in [0.15, 0.2) is 45.9 Å². The highest BCUT2D eigenvalue weighted by Crippen LogP contribution is 2.23. The number of nitrogens with one attached hydrogen (secondary N) is 1. The van der Waals surface area contributed by atoms with Crippen molar-refractivity contribution >= 4 is 15.9 Å². The number of hydrogen-bond donors (Lipinski definition) is 1. The number of rotatable bonds is 6. The van der Waals surface area contributed by atoms with E-state index in [1.807, 2.05) is 6.92 Å². The number of nitrogens with zero attached hydrogens (tertiary/aromatic N) is 2. The minimum Gasteiger partial charge on any atom is -0.468 e. The lowest BCUT2D eigenvalue weighted by Gasteiger charge is -2.34. The third kappa shape index (κ3) is 4.23. The largest absolute Gasteiger partial charge is 0.468 e. The molecular weight excluding hydrogens is 392 g/mol. The summed E-state index contributed by atoms with van der Waals surface area (Å²) < 4.78 is 59.1. The molecule has 7 nitrogen and oxygen atoms in total. The van der Waals surface area contributed by atoms with Crippen LogP contribution in [0.1, 0.15) is 18.7 Å². The fourth-order valence-corrected chi connectivity index (χ4v) is 4.56. The van der Waals surface area contributed by atoms with Gasteiger partial charge in [0.15, 0.2) is 4.90 Å². The van der Waals surface area contributed by atoms with E-state index in [1.165, 1.54) is 4.90 Å². The lowest BCUT2D eigenvalue weighted by Crippen LogP contribution is -2.52. The van der Waals surface area contributed by atoms with Gasteiger partial charge < -0.3 is 9.32 Å². The molecule has 1 aliphatic heterocycles. The maximum Gasteiger partial charge on any atom is 0.249 e. The van der Waals surface area contributed by atoms with Crippen LogP contribution in [-0.4, -0.2) is 56.3 Å². The fourth-order valence-electron chi connectivity index (χ4n) is 3.03. The number of benzene rings is 1. The first kappa shape index (κ1) is 20.4. The number of hydrogen-bond acceptors (Lipinski definition) is 5. The van der Waals surface area contributed by atoms with E-state index in [9.17, 15) is 22.0 Å². The van der Waals surface area contributed by atoms with Crippen LogP contribution >= 0.6 is 0 Å². The average molecular weight is 413 g/mol. The quantitative estimate of drug-likeness (QED) is 0.780. The fraction of sp³-hybridized carbons (Fsp3) is 0.389. The molecular formula is C18H21F2N3O4S. The summed E-state index contributed by atoms with van der Waals surface area (Å²) in [6.45, 7) is 2.15. The maximum atomic E-state index is 13.9. The molecule has 1 atom stereocenters. The van der Waals surface area contributed by atoms with Crippen LogP contribution in [0.25, 0.3) is 0 Å². The molecule has 3 rings (SSSR count). The molecule has 1 saturated heterocycles. The van der Waals surface area contributed by atoms with Crippen LogP contribution < -0.4 is 5.32 Å². The van der Waals surface area contributed by atoms with Gasteiger partial charge in [-0.15, -0.1) is 0 Å². The molecule has 1 N–H and O–H groups in total. The van der Waals surface area contributed by atoms with Gasteiger partial charge in [-0.2, -0.15) is 4.31 Å². The second kappa shape index (κ2) is 8.38. The van der Waals surface area contributed by atoms with Crippen LogP contribution in [0.4, 0.5) is 8.78 Å². The van der Waals surface area contributed by atoms with E-state index in [0.29, 0.717) is 5.76 Å². The molecule has 0 saturated carbocycles. The predicted octanol–water partition coefficient (Wildman–Crippen LogP) is 1.74. The number of sulfonamides is 1. The van der Waals surface area contributed by atoms with Gasteiger partial charge in [0.2, 0.25) is 15.9 Å². The first-order valence-corrected chi connectivity index (χ1v) is 10.2. The van der Waals surface area contributed by atoms with Crippen molar-refractivity contribution in [1.82, 2.24) is 14.5 Å². The number of carbonyl (C=O) groups excluding carboxylic acids is 1. The Balaban J connectivity index is 1.57. The van der Waals surface area contributed by atoms with E-state index in [4.69, 9.17) is 4.42 Å². The number of furan rings is 1. The van der Waals surface area contributed by atoms with Gasteiger partial charge in [0, 0.05) is 26.2 Å². The Morgan fingerprint density at radius 3 is 2.36 bits per heavy atom. The summed E-state index contributed by atoms with van der Waals surface area (Å²) in [5, 5.41) is 3.05. The second-order valence-corrected chi connectivity index (χ2v) is 8.33. The standard InChI is InChI=1S/C18H21F2N3O4S/c1-13(16-6-3-11-27-16)21-12-17(24)22-7-9-23(10-8-22)28(25,26)18-14(19)4-2-5-15(18)20/h2-6,11,13,21H,7-10,12H2,1H3/t13-/m1/s1. The average Bonchev–Trinajstić information content (AvgIpc) is 3.20. The van der Waals surface area contributed by atoms with Gasteiger partial charge in [-0.05, 0) is 31.2 Å². The third-order valence-corrected chi connectivity index (χ3v) is 6.59. The zero-order valence-corrected chi connectivity index (χ0v) is 16.1. The molecule has 1 aliphatic rings. The molecule has 28 heavy (non-hydrogen) atoms. The van der Waals surface area contributed by atoms with Gasteiger partial charge in [-0.3, -0.25) is 10.1 Å². The molecule has 1 aromatic carbocycles. The lowest BCUT2D eigenvalue weighted by atomic mass is 10.2. The highest BCUT2D eigenvalue weighted by atomic mass is 32.2. The summed E-state index contributed by atoms with van der Waals surface area (Å²) in [5.41, 5.74) is 0. The zero-order valence-electron chi connectivity index (χ0n) is 15.3. The monoisotopic (exact) mass is 413 g/mol. The topological polar surface area (TPSA) is 82.9 Å². The summed E-state index contributed by atoms with van der Waals surface area (Å²) >= 11 is 0. The predicted molar refractivity (Wildman–Crippen MR) is 96.8 cm³/mol. The van der Waals surface area contributed by atoms with E-state index >= 15 is 0 Å². The van der Waals surface area contributed by atoms with Crippen molar-refractivity contribution in [2.45, 2.75) is 17.9 Å². The van der Waals surface area contributed by atoms with Crippen molar-refractivity contribution in [3.8, 4) is 0 Å². The minimum atomic E-state index is -4.31. The highest BCUT2D eigenvalue weighted by molar-refractivity contribution is 7.89. The summed E-state index contributed by atoms with van der Waals surface area (Å²) in [6, 6.07) is 6.32. The second-order valence-electron chi connectivity index (χ2n) is 6.45. The molecule has 1 aromatic heterocycles. The van der Waals surface area contributed by atoms with Crippen molar-refractivity contribution in [1.29, 1.82) is 0 Å². The van der Waals surface area contributed by atoms with Crippen LogP contribution in [-0.2, 0) is 14.8 Å². The summed E-state index contributed by atoms with van der Waals surface area (Å²) in [4.78, 5) is 12.9. The summed E-state index contributed by atoms with van der Waals surface area (Å²) in [6.07, 6.45) is 1.55. The Morgan fingerprint density at radius 2 is 1.79 bits per heavy atom. The number of carbonyl (C=O) groups is 1. The van der Waals surface area contributed by atoms with Crippen molar-refractivity contribution in [2.75, 3.05) is 32.7 Å². The van der Waals surface area contributed by atoms with E-state index in [0.717, 1.165) is 22.5 Å². The lowest BCUT2D eigenvalue weighted by molar-refractivity contribution is -0.131. The molecule has 1 fully saturated rings. The van der Waals surface area contributed by atoms with Crippen molar-refractivity contribution < 1.29 is 26.4 Å². The van der Waals surface area contributed by atoms with Crippen molar-refractivity contribution in [3.05, 3.63) is 54.0 Å². The Hall–Kier alpha value is -2.30. The van der Waals surface area contributed by atoms with E-state index in [-0.39, 0.29) is 44.7 Å². The summed E-state index contributed by atoms with van der Waals surface area (Å²) in [5.74, 6) is -1.74. The van der Waals surface area contributed by atoms with Crippen molar-refractivity contribution in [3.63, 3.8) is 0 Å². The first-order chi connectivity index (χ1) is 13.3. The van der Waals surface area contributed by atoms with Gasteiger partial charge in [0.05, 0.1) is 18.8 Å². The van der Waals surface area contributed by atoms with Gasteiger partial charge in [-0.1, -0.05) is 6.07 Å². The molecule has 0 unspecified atom stereocenters. The molecule has 152 valence electrons. The van der Waals surface area contributed by atoms with E-state index in [1.54, 1.807) is 18.4 Å². The van der Waals surface area contributed by atoms with Gasteiger partial charge in [-0.25, -0.2) is 17.2 Å². The van der Waals surface area contributed by atoms with Crippen LogP contribution in [0.5, 0.6) is 0 Å². The Morgan fingerprint density at radius 1 is 1.14 bits per heavy atom. The van der Waals surface area contributed by atoms with Crippen LogP contribution in [0.2, 0.25) is 0 Å². The molecule has 0 aliphatic carbocycles. The third-order valence-electron chi connectivity index (χ3n) is 4.64. The number of amides is 1. The molecule has 2 aromatic rings. The SMILES string of the molecule is C[C@@H](NCC(=O)N1CCN(S(=O)(=O)c2c(F)cccc2F)CC1)c1ccco1. The molecule has 2 heterocycles. The van der Waals surface area contributed by atoms with Gasteiger partial charge in [0.25, 0.3) is 0 Å². The Bertz CT molecular complexity index is 906. The molecule has 0 bridgehead atoms. The number of piperazine rings is 1. The Kier molecular flexibility index (Phi) is 6.11. The van der Waals surface area contributed by atoms with Crippen LogP contribution in [0.3, 0.4) is 0 Å². The number of halogens is 2. The summed E-state index contributed by atoms with van der Waals surface area (Å²) in [7, 11) is -4.31. The normalized spacial score (nSPS) is 16.9. The van der Waals surface area contributed by atoms with Crippen molar-refractivity contribution in [2.24, 2.45) is 0 Å². The molecule has 0 spiro atoms. The smallest absolute Gasteiger partial charge is 0.249 e. The maximum absolute atomic E-state index is 13.9. The first-order valence-electron chi connectivity index (χ1n) is 8.79. The van der Waals surface area contributed by atoms with E-state index < -0.39 is 26.6 Å². The van der Waals surface area contributed by atoms with Gasteiger partial charge >= 0.3 is 0 Å². The van der Waals surface area contributed by atoms with Crippen LogP contribution in [0, 0.1) is 11.6 Å². The zero-order chi connectivity index (χ0) is 20.3. The molecule has 10 heteroatoms. The highest BCUT2D eigenvalue weighted by Gasteiger charge is 2.34. The van der Waals surface area contributed by atoms with E-state index in [2.05, 4.69) is 5.32 Å².